The number of aromatic carboxylic acids is 1. The van der Waals surface area contributed by atoms with E-state index >= 15 is 0 Å². The molecule has 0 atom stereocenters. The number of para-hydroxylation sites is 1. The molecule has 3 rings (SSSR count). The number of nitrogens with zero attached hydrogens (tertiary/aromatic N) is 1. The van der Waals surface area contributed by atoms with Crippen molar-refractivity contribution in [3.05, 3.63) is 82.4 Å². The Morgan fingerprint density at radius 1 is 1.14 bits per heavy atom. The number of benzene rings is 3. The molecule has 29 heavy (non-hydrogen) atoms. The highest BCUT2D eigenvalue weighted by molar-refractivity contribution is 6.30. The number of hydrogen-bond donors (Lipinski definition) is 2. The predicted octanol–water partition coefficient (Wildman–Crippen LogP) is 5.08. The minimum absolute atomic E-state index is 0.0300. The van der Waals surface area contributed by atoms with Gasteiger partial charge < -0.3 is 19.7 Å². The number of ether oxygens (including phenoxy) is 2. The molecular formula is C22H18ClNO5. The van der Waals surface area contributed by atoms with Gasteiger partial charge >= 0.3 is 5.97 Å². The quantitative estimate of drug-likeness (QED) is 0.529. The van der Waals surface area contributed by atoms with E-state index in [1.54, 1.807) is 42.6 Å². The van der Waals surface area contributed by atoms with E-state index in [1.165, 1.54) is 25.3 Å². The Labute approximate surface area is 172 Å². The highest BCUT2D eigenvalue weighted by atomic mass is 35.5. The van der Waals surface area contributed by atoms with Crippen LogP contribution < -0.4 is 9.47 Å². The van der Waals surface area contributed by atoms with Crippen LogP contribution in [0.25, 0.3) is 0 Å². The van der Waals surface area contributed by atoms with Gasteiger partial charge in [0.15, 0.2) is 11.5 Å². The van der Waals surface area contributed by atoms with Crippen LogP contribution >= 0.6 is 11.6 Å². The van der Waals surface area contributed by atoms with Gasteiger partial charge in [0.2, 0.25) is 0 Å². The van der Waals surface area contributed by atoms with Crippen LogP contribution in [0.1, 0.15) is 21.5 Å². The summed E-state index contributed by atoms with van der Waals surface area (Å²) < 4.78 is 11.3. The number of carboxylic acids is 1. The van der Waals surface area contributed by atoms with Gasteiger partial charge in [0.05, 0.1) is 12.7 Å². The maximum atomic E-state index is 11.0. The second-order valence-corrected chi connectivity index (χ2v) is 6.50. The van der Waals surface area contributed by atoms with Gasteiger partial charge in [-0.3, -0.25) is 4.99 Å². The van der Waals surface area contributed by atoms with Gasteiger partial charge in [0, 0.05) is 22.9 Å². The highest BCUT2D eigenvalue weighted by Crippen LogP contribution is 2.33. The van der Waals surface area contributed by atoms with Crippen LogP contribution in [0.5, 0.6) is 17.2 Å². The molecule has 0 spiro atoms. The first-order valence-electron chi connectivity index (χ1n) is 8.62. The van der Waals surface area contributed by atoms with E-state index in [0.717, 1.165) is 5.56 Å². The zero-order valence-corrected chi connectivity index (χ0v) is 16.3. The van der Waals surface area contributed by atoms with Gasteiger partial charge in [-0.1, -0.05) is 29.8 Å². The molecule has 0 aromatic heterocycles. The molecule has 0 fully saturated rings. The predicted molar refractivity (Wildman–Crippen MR) is 111 cm³/mol. The summed E-state index contributed by atoms with van der Waals surface area (Å²) in [6, 6.07) is 16.5. The van der Waals surface area contributed by atoms with E-state index in [1.807, 2.05) is 6.07 Å². The molecule has 3 aromatic carbocycles. The van der Waals surface area contributed by atoms with E-state index in [9.17, 15) is 9.90 Å². The molecule has 0 saturated carbocycles. The number of aliphatic imine (C=N–C) groups is 1. The molecule has 0 heterocycles. The van der Waals surface area contributed by atoms with Gasteiger partial charge in [-0.15, -0.1) is 0 Å². The van der Waals surface area contributed by atoms with Crippen LogP contribution in [0.3, 0.4) is 0 Å². The van der Waals surface area contributed by atoms with Gasteiger partial charge in [-0.25, -0.2) is 4.79 Å². The lowest BCUT2D eigenvalue weighted by molar-refractivity contribution is 0.0697. The number of phenolic OH excluding ortho intramolecular Hbond substituents is 1. The summed E-state index contributed by atoms with van der Waals surface area (Å²) in [6.45, 7) is 0.216. The number of halogens is 1. The molecule has 0 aliphatic heterocycles. The lowest BCUT2D eigenvalue weighted by Crippen LogP contribution is -2.02. The number of hydrogen-bond acceptors (Lipinski definition) is 5. The third-order valence-corrected chi connectivity index (χ3v) is 4.33. The molecular weight excluding hydrogens is 394 g/mol. The van der Waals surface area contributed by atoms with Crippen LogP contribution in [0, 0.1) is 0 Å². The fourth-order valence-electron chi connectivity index (χ4n) is 2.59. The van der Waals surface area contributed by atoms with Crippen LogP contribution in [-0.2, 0) is 6.61 Å². The average molecular weight is 412 g/mol. The molecule has 0 amide bonds. The average Bonchev–Trinajstić information content (AvgIpc) is 2.72. The summed E-state index contributed by atoms with van der Waals surface area (Å²) in [6.07, 6.45) is 1.56. The smallest absolute Gasteiger partial charge is 0.335 e. The van der Waals surface area contributed by atoms with Crippen LogP contribution in [0.2, 0.25) is 5.02 Å². The molecule has 3 aromatic rings. The van der Waals surface area contributed by atoms with Gasteiger partial charge in [-0.2, -0.15) is 0 Å². The number of rotatable bonds is 7. The number of methoxy groups -OCH3 is 1. The summed E-state index contributed by atoms with van der Waals surface area (Å²) in [5.41, 5.74) is 2.04. The monoisotopic (exact) mass is 411 g/mol. The lowest BCUT2D eigenvalue weighted by Gasteiger charge is -2.13. The molecule has 0 aliphatic carbocycles. The standard InChI is InChI=1S/C22H18ClNO5/c1-28-20-4-2-3-16(12-24-18-10-9-17(23)11-19(18)25)21(20)29-13-14-5-7-15(8-6-14)22(26)27/h2-12,25H,13H2,1H3,(H,26,27). The third-order valence-electron chi connectivity index (χ3n) is 4.09. The second kappa shape index (κ2) is 9.12. The lowest BCUT2D eigenvalue weighted by atomic mass is 10.1. The maximum Gasteiger partial charge on any atom is 0.335 e. The topological polar surface area (TPSA) is 88.4 Å². The first kappa shape index (κ1) is 20.2. The minimum Gasteiger partial charge on any atom is -0.506 e. The Morgan fingerprint density at radius 2 is 1.90 bits per heavy atom. The molecule has 6 nitrogen and oxygen atoms in total. The zero-order chi connectivity index (χ0) is 20.8. The molecule has 0 unspecified atom stereocenters. The Bertz CT molecular complexity index is 1050. The molecule has 148 valence electrons. The van der Waals surface area contributed by atoms with E-state index in [0.29, 0.717) is 27.8 Å². The van der Waals surface area contributed by atoms with Crippen molar-refractivity contribution < 1.29 is 24.5 Å². The largest absolute Gasteiger partial charge is 0.506 e. The zero-order valence-electron chi connectivity index (χ0n) is 15.5. The van der Waals surface area contributed by atoms with Crippen molar-refractivity contribution in [3.8, 4) is 17.2 Å². The van der Waals surface area contributed by atoms with Crippen LogP contribution in [-0.4, -0.2) is 29.5 Å². The summed E-state index contributed by atoms with van der Waals surface area (Å²) >= 11 is 5.84. The van der Waals surface area contributed by atoms with Crippen LogP contribution in [0.4, 0.5) is 5.69 Å². The molecule has 0 radical (unpaired) electrons. The second-order valence-electron chi connectivity index (χ2n) is 6.06. The summed E-state index contributed by atoms with van der Waals surface area (Å²) in [7, 11) is 1.54. The van der Waals surface area contributed by atoms with Crippen LogP contribution in [0.15, 0.2) is 65.7 Å². The maximum absolute atomic E-state index is 11.0. The van der Waals surface area contributed by atoms with Crippen molar-refractivity contribution in [1.29, 1.82) is 0 Å². The Balaban J connectivity index is 1.84. The summed E-state index contributed by atoms with van der Waals surface area (Å²) in [5.74, 6) is -0.00488. The molecule has 0 aliphatic rings. The highest BCUT2D eigenvalue weighted by Gasteiger charge is 2.11. The number of carboxylic acid groups (broad SMARTS) is 1. The third kappa shape index (κ3) is 5.06. The first-order valence-corrected chi connectivity index (χ1v) is 9.00. The van der Waals surface area contributed by atoms with Crippen molar-refractivity contribution in [1.82, 2.24) is 0 Å². The van der Waals surface area contributed by atoms with Crippen molar-refractivity contribution in [2.75, 3.05) is 7.11 Å². The first-order chi connectivity index (χ1) is 14.0. The molecule has 7 heteroatoms. The Hall–Kier alpha value is -3.51. The van der Waals surface area contributed by atoms with Crippen molar-refractivity contribution in [2.45, 2.75) is 6.61 Å². The van der Waals surface area contributed by atoms with Crippen molar-refractivity contribution in [3.63, 3.8) is 0 Å². The number of carbonyl (C=O) groups is 1. The van der Waals surface area contributed by atoms with E-state index in [2.05, 4.69) is 4.99 Å². The van der Waals surface area contributed by atoms with Gasteiger partial charge in [-0.05, 0) is 42.0 Å². The minimum atomic E-state index is -0.980. The fourth-order valence-corrected chi connectivity index (χ4v) is 2.76. The van der Waals surface area contributed by atoms with E-state index in [4.69, 9.17) is 26.2 Å². The normalized spacial score (nSPS) is 10.8. The van der Waals surface area contributed by atoms with E-state index in [-0.39, 0.29) is 17.9 Å². The van der Waals surface area contributed by atoms with Crippen molar-refractivity contribution >= 4 is 29.5 Å². The summed E-state index contributed by atoms with van der Waals surface area (Å²) in [4.78, 5) is 15.3. The summed E-state index contributed by atoms with van der Waals surface area (Å²) in [5, 5.41) is 19.4. The molecule has 0 saturated heterocycles. The molecule has 2 N–H and O–H groups in total. The fraction of sp³-hybridized carbons (Fsp3) is 0.0909. The molecule has 0 bridgehead atoms. The Kier molecular flexibility index (Phi) is 6.36. The van der Waals surface area contributed by atoms with Crippen molar-refractivity contribution in [2.24, 2.45) is 4.99 Å². The SMILES string of the molecule is COc1cccc(C=Nc2ccc(Cl)cc2O)c1OCc1ccc(C(=O)O)cc1. The van der Waals surface area contributed by atoms with E-state index < -0.39 is 5.97 Å². The van der Waals surface area contributed by atoms with Gasteiger partial charge in [0.1, 0.15) is 18.0 Å². The van der Waals surface area contributed by atoms with Gasteiger partial charge in [0.25, 0.3) is 0 Å². The number of phenols is 1. The number of aromatic hydroxyl groups is 1. The Morgan fingerprint density at radius 3 is 2.55 bits per heavy atom.